The Bertz CT molecular complexity index is 1560. The molecule has 0 radical (unpaired) electrons. The van der Waals surface area contributed by atoms with Gasteiger partial charge in [0, 0.05) is 37.2 Å². The van der Waals surface area contributed by atoms with Crippen LogP contribution in [0.1, 0.15) is 70.6 Å². The van der Waals surface area contributed by atoms with E-state index in [9.17, 15) is 13.2 Å². The van der Waals surface area contributed by atoms with Crippen LogP contribution in [0.3, 0.4) is 0 Å². The van der Waals surface area contributed by atoms with Gasteiger partial charge in [0.05, 0.1) is 18.5 Å². The molecular formula is C30H40FN5O5S. The first-order chi connectivity index (χ1) is 19.8. The van der Waals surface area contributed by atoms with E-state index in [0.29, 0.717) is 29.0 Å². The van der Waals surface area contributed by atoms with E-state index in [0.717, 1.165) is 37.9 Å². The molecule has 4 rings (SSSR count). The van der Waals surface area contributed by atoms with Crippen LogP contribution in [-0.4, -0.2) is 61.4 Å². The predicted octanol–water partition coefficient (Wildman–Crippen LogP) is 5.78. The van der Waals surface area contributed by atoms with E-state index in [1.165, 1.54) is 31.1 Å². The van der Waals surface area contributed by atoms with Crippen LogP contribution in [0.4, 0.5) is 10.2 Å². The van der Waals surface area contributed by atoms with Gasteiger partial charge in [0.2, 0.25) is 0 Å². The number of aromatic nitrogens is 1. The van der Waals surface area contributed by atoms with Crippen molar-refractivity contribution < 1.29 is 26.9 Å². The highest BCUT2D eigenvalue weighted by atomic mass is 32.2. The average Bonchev–Trinajstić information content (AvgIpc) is 3.61. The molecule has 12 heteroatoms. The van der Waals surface area contributed by atoms with Crippen LogP contribution in [0, 0.1) is 13.8 Å². The van der Waals surface area contributed by atoms with Gasteiger partial charge in [0.25, 0.3) is 15.9 Å². The molecule has 42 heavy (non-hydrogen) atoms. The van der Waals surface area contributed by atoms with E-state index in [1.807, 2.05) is 6.92 Å². The van der Waals surface area contributed by atoms with Gasteiger partial charge >= 0.3 is 0 Å². The number of amides is 1. The number of hydrogen-bond acceptors (Lipinski definition) is 8. The molecule has 3 aliphatic rings. The van der Waals surface area contributed by atoms with Crippen molar-refractivity contribution in [3.05, 3.63) is 69.1 Å². The fourth-order valence-electron chi connectivity index (χ4n) is 5.57. The van der Waals surface area contributed by atoms with Crippen molar-refractivity contribution >= 4 is 27.6 Å². The first-order valence-corrected chi connectivity index (χ1v) is 15.6. The Balaban J connectivity index is 1.72. The third-order valence-electron chi connectivity index (χ3n) is 8.11. The summed E-state index contributed by atoms with van der Waals surface area (Å²) in [7, 11) is -1.28. The smallest absolute Gasteiger partial charge is 0.265 e. The number of rotatable bonds is 10. The minimum Gasteiger partial charge on any atom is -0.495 e. The number of nitrogens with one attached hydrogen (secondary N) is 1. The van der Waals surface area contributed by atoms with Gasteiger partial charge in [0.15, 0.2) is 5.82 Å². The number of sulfonamides is 1. The third kappa shape index (κ3) is 5.68. The number of ether oxygens (including phenoxy) is 1. The van der Waals surface area contributed by atoms with Crippen LogP contribution in [-0.2, 0) is 19.6 Å². The molecule has 1 N–H and O–H groups in total. The fraction of sp³-hybridized carbons (Fsp3) is 0.500. The van der Waals surface area contributed by atoms with Gasteiger partial charge in [-0.05, 0) is 53.0 Å². The van der Waals surface area contributed by atoms with Crippen LogP contribution >= 0.6 is 0 Å². The number of carbonyl (C=O) groups excluding carboxylic acids is 1. The number of anilines is 1. The summed E-state index contributed by atoms with van der Waals surface area (Å²) in [4.78, 5) is 21.2. The number of halogens is 1. The van der Waals surface area contributed by atoms with Gasteiger partial charge in [-0.25, -0.2) is 12.8 Å². The summed E-state index contributed by atoms with van der Waals surface area (Å²) < 4.78 is 56.2. The van der Waals surface area contributed by atoms with Crippen molar-refractivity contribution in [1.82, 2.24) is 15.0 Å². The van der Waals surface area contributed by atoms with Crippen molar-refractivity contribution in [1.29, 1.82) is 0 Å². The summed E-state index contributed by atoms with van der Waals surface area (Å²) in [6.07, 6.45) is 7.59. The fourth-order valence-corrected chi connectivity index (χ4v) is 6.93. The highest BCUT2D eigenvalue weighted by molar-refractivity contribution is 7.96. The number of amidine groups is 1. The van der Waals surface area contributed by atoms with Crippen molar-refractivity contribution in [3.63, 3.8) is 0 Å². The summed E-state index contributed by atoms with van der Waals surface area (Å²) in [5, 5.41) is 3.80. The standard InChI is InChI=1S/C30H40FN5O5S/c1-9-12-26-32-30(13-10-11-14-30)29(37)36(26)17-18(2)15-23(31)20(4)27-25(16-24(40-8)21(5)35(27)7)42(38,39)34-28-19(3)22(6)41-33-28/h15-16H,5,9-14,17H2,1-4,6-8H3,(H,33,34). The number of aliphatic imine (C=N–C) groups is 1. The molecule has 1 saturated carbocycles. The van der Waals surface area contributed by atoms with Gasteiger partial charge in [0.1, 0.15) is 33.6 Å². The SMILES string of the molecule is C=C1C(OC)=CC(S(=O)(=O)Nc2noc(C)c2C)=C(C(C)=C(F)C=C(C)CN2C(=O)C3(CCCC3)N=C2CCC)N1C. The van der Waals surface area contributed by atoms with E-state index in [1.54, 1.807) is 32.7 Å². The molecule has 10 nitrogen and oxygen atoms in total. The van der Waals surface area contributed by atoms with Gasteiger partial charge < -0.3 is 14.2 Å². The van der Waals surface area contributed by atoms with E-state index >= 15 is 4.39 Å². The molecule has 1 fully saturated rings. The Hall–Kier alpha value is -3.67. The molecule has 0 saturated heterocycles. The summed E-state index contributed by atoms with van der Waals surface area (Å²) in [6, 6.07) is 0. The molecule has 3 heterocycles. The maximum Gasteiger partial charge on any atom is 0.265 e. The third-order valence-corrected chi connectivity index (χ3v) is 9.47. The number of likely N-dealkylation sites (N-methyl/N-ethyl adjacent to an activating group) is 1. The highest BCUT2D eigenvalue weighted by Gasteiger charge is 2.49. The number of nitrogens with zero attached hydrogens (tertiary/aromatic N) is 4. The lowest BCUT2D eigenvalue weighted by molar-refractivity contribution is -0.130. The zero-order valence-corrected chi connectivity index (χ0v) is 26.2. The lowest BCUT2D eigenvalue weighted by Crippen LogP contribution is -2.41. The van der Waals surface area contributed by atoms with Crippen molar-refractivity contribution in [3.8, 4) is 0 Å². The highest BCUT2D eigenvalue weighted by Crippen LogP contribution is 2.40. The normalized spacial score (nSPS) is 20.0. The summed E-state index contributed by atoms with van der Waals surface area (Å²) in [5.74, 6) is 0.808. The largest absolute Gasteiger partial charge is 0.495 e. The van der Waals surface area contributed by atoms with Gasteiger partial charge in [-0.15, -0.1) is 0 Å². The number of allylic oxidation sites excluding steroid dienone is 4. The van der Waals surface area contributed by atoms with Gasteiger partial charge in [-0.3, -0.25) is 19.4 Å². The molecule has 1 aromatic heterocycles. The Morgan fingerprint density at radius 1 is 1.29 bits per heavy atom. The lowest BCUT2D eigenvalue weighted by Gasteiger charge is -2.32. The Kier molecular flexibility index (Phi) is 8.86. The maximum absolute atomic E-state index is 16.0. The molecule has 1 aliphatic carbocycles. The Labute approximate surface area is 247 Å². The molecule has 0 bridgehead atoms. The Morgan fingerprint density at radius 3 is 2.52 bits per heavy atom. The number of methoxy groups -OCH3 is 1. The predicted molar refractivity (Wildman–Crippen MR) is 160 cm³/mol. The first-order valence-electron chi connectivity index (χ1n) is 14.1. The van der Waals surface area contributed by atoms with Crippen LogP contribution in [0.25, 0.3) is 0 Å². The summed E-state index contributed by atoms with van der Waals surface area (Å²) >= 11 is 0. The zero-order valence-electron chi connectivity index (χ0n) is 25.4. The second kappa shape index (κ2) is 11.9. The molecule has 0 aromatic carbocycles. The van der Waals surface area contributed by atoms with Gasteiger partial charge in [-0.1, -0.05) is 37.1 Å². The Morgan fingerprint density at radius 2 is 1.95 bits per heavy atom. The lowest BCUT2D eigenvalue weighted by atomic mass is 9.98. The van der Waals surface area contributed by atoms with Crippen molar-refractivity contribution in [2.45, 2.75) is 78.7 Å². The zero-order chi connectivity index (χ0) is 31.0. The van der Waals surface area contributed by atoms with Crippen LogP contribution in [0.2, 0.25) is 0 Å². The molecule has 0 unspecified atom stereocenters. The summed E-state index contributed by atoms with van der Waals surface area (Å²) in [5.41, 5.74) is 0.972. The number of carbonyl (C=O) groups is 1. The molecule has 0 atom stereocenters. The topological polar surface area (TPSA) is 117 Å². The summed E-state index contributed by atoms with van der Waals surface area (Å²) in [6.45, 7) is 12.8. The van der Waals surface area contributed by atoms with Crippen LogP contribution in [0.5, 0.6) is 0 Å². The minimum absolute atomic E-state index is 0.0154. The average molecular weight is 602 g/mol. The van der Waals surface area contributed by atoms with E-state index in [2.05, 4.69) is 16.5 Å². The van der Waals surface area contributed by atoms with Crippen LogP contribution in [0.15, 0.2) is 67.3 Å². The minimum atomic E-state index is -4.28. The molecular weight excluding hydrogens is 561 g/mol. The number of hydrogen-bond donors (Lipinski definition) is 1. The van der Waals surface area contributed by atoms with E-state index < -0.39 is 21.4 Å². The second-order valence-corrected chi connectivity index (χ2v) is 12.8. The van der Waals surface area contributed by atoms with Gasteiger partial charge in [-0.2, -0.15) is 0 Å². The monoisotopic (exact) mass is 601 g/mol. The maximum atomic E-state index is 16.0. The first kappa shape index (κ1) is 31.3. The number of aryl methyl sites for hydroxylation is 1. The molecule has 1 aromatic rings. The molecule has 2 aliphatic heterocycles. The molecule has 228 valence electrons. The quantitative estimate of drug-likeness (QED) is 0.338. The van der Waals surface area contributed by atoms with Crippen molar-refractivity contribution in [2.75, 3.05) is 25.4 Å². The van der Waals surface area contributed by atoms with E-state index in [-0.39, 0.29) is 40.2 Å². The molecule has 1 spiro atoms. The van der Waals surface area contributed by atoms with E-state index in [4.69, 9.17) is 14.3 Å². The van der Waals surface area contributed by atoms with Crippen molar-refractivity contribution in [2.24, 2.45) is 4.99 Å². The van der Waals surface area contributed by atoms with Crippen LogP contribution < -0.4 is 4.72 Å². The molecule has 1 amide bonds. The second-order valence-electron chi connectivity index (χ2n) is 11.1.